The minimum Gasteiger partial charge on any atom is -0.339 e. The minimum atomic E-state index is -0.0651. The number of halogens is 1. The van der Waals surface area contributed by atoms with Gasteiger partial charge in [-0.15, -0.1) is 0 Å². The zero-order valence-corrected chi connectivity index (χ0v) is 13.4. The third-order valence-electron chi connectivity index (χ3n) is 3.80. The SMILES string of the molecule is CC(C)C(=O)N1CCN(C(=O)c2ccccc2Cl)C(C)C1. The highest BCUT2D eigenvalue weighted by atomic mass is 35.5. The lowest BCUT2D eigenvalue weighted by Crippen LogP contribution is -2.56. The number of benzene rings is 1. The Bertz CT molecular complexity index is 545. The molecule has 2 rings (SSSR count). The van der Waals surface area contributed by atoms with Gasteiger partial charge in [0.2, 0.25) is 5.91 Å². The molecular weight excluding hydrogens is 288 g/mol. The molecule has 1 saturated heterocycles. The number of nitrogens with zero attached hydrogens (tertiary/aromatic N) is 2. The van der Waals surface area contributed by atoms with Gasteiger partial charge in [-0.3, -0.25) is 9.59 Å². The summed E-state index contributed by atoms with van der Waals surface area (Å²) in [6, 6.07) is 7.07. The second-order valence-corrected chi connectivity index (χ2v) is 6.17. The van der Waals surface area contributed by atoms with Crippen LogP contribution in [0.15, 0.2) is 24.3 Å². The number of amides is 2. The van der Waals surface area contributed by atoms with Crippen molar-refractivity contribution < 1.29 is 9.59 Å². The van der Waals surface area contributed by atoms with Gasteiger partial charge >= 0.3 is 0 Å². The highest BCUT2D eigenvalue weighted by Gasteiger charge is 2.31. The van der Waals surface area contributed by atoms with Crippen molar-refractivity contribution in [2.45, 2.75) is 26.8 Å². The van der Waals surface area contributed by atoms with E-state index in [4.69, 9.17) is 11.6 Å². The molecule has 1 aliphatic rings. The number of rotatable bonds is 2. The molecule has 21 heavy (non-hydrogen) atoms. The van der Waals surface area contributed by atoms with Crippen LogP contribution in [0.1, 0.15) is 31.1 Å². The first-order chi connectivity index (χ1) is 9.91. The Morgan fingerprint density at radius 3 is 2.48 bits per heavy atom. The van der Waals surface area contributed by atoms with Crippen molar-refractivity contribution in [1.29, 1.82) is 0 Å². The molecular formula is C16H21ClN2O2. The van der Waals surface area contributed by atoms with Crippen LogP contribution < -0.4 is 0 Å². The first-order valence-corrected chi connectivity index (χ1v) is 7.64. The lowest BCUT2D eigenvalue weighted by atomic mass is 10.1. The summed E-state index contributed by atoms with van der Waals surface area (Å²) in [5.41, 5.74) is 0.523. The molecule has 0 aromatic heterocycles. The number of hydrogen-bond donors (Lipinski definition) is 0. The quantitative estimate of drug-likeness (QED) is 0.843. The summed E-state index contributed by atoms with van der Waals surface area (Å²) in [5, 5.41) is 0.468. The van der Waals surface area contributed by atoms with E-state index in [9.17, 15) is 9.59 Å². The summed E-state index contributed by atoms with van der Waals surface area (Å²) in [6.45, 7) is 7.46. The number of hydrogen-bond acceptors (Lipinski definition) is 2. The molecule has 1 unspecified atom stereocenters. The Morgan fingerprint density at radius 2 is 1.90 bits per heavy atom. The third-order valence-corrected chi connectivity index (χ3v) is 4.13. The lowest BCUT2D eigenvalue weighted by molar-refractivity contribution is -0.136. The fourth-order valence-electron chi connectivity index (χ4n) is 2.61. The Labute approximate surface area is 130 Å². The summed E-state index contributed by atoms with van der Waals surface area (Å²) < 4.78 is 0. The maximum Gasteiger partial charge on any atom is 0.255 e. The molecule has 0 aliphatic carbocycles. The molecule has 5 heteroatoms. The second kappa shape index (κ2) is 6.48. The van der Waals surface area contributed by atoms with E-state index in [1.54, 1.807) is 17.0 Å². The zero-order valence-electron chi connectivity index (χ0n) is 12.7. The molecule has 1 aromatic rings. The molecule has 4 nitrogen and oxygen atoms in total. The highest BCUT2D eigenvalue weighted by Crippen LogP contribution is 2.20. The van der Waals surface area contributed by atoms with E-state index in [1.165, 1.54) is 0 Å². The Balaban J connectivity index is 2.09. The van der Waals surface area contributed by atoms with E-state index in [0.717, 1.165) is 0 Å². The summed E-state index contributed by atoms with van der Waals surface area (Å²) in [5.74, 6) is 0.0689. The van der Waals surface area contributed by atoms with Crippen LogP contribution in [0.3, 0.4) is 0 Å². The van der Waals surface area contributed by atoms with E-state index in [2.05, 4.69) is 0 Å². The van der Waals surface area contributed by atoms with Gasteiger partial charge in [0.05, 0.1) is 10.6 Å². The summed E-state index contributed by atoms with van der Waals surface area (Å²) in [6.07, 6.45) is 0. The molecule has 0 bridgehead atoms. The fourth-order valence-corrected chi connectivity index (χ4v) is 2.83. The minimum absolute atomic E-state index is 0.00905. The van der Waals surface area contributed by atoms with Crippen LogP contribution in [-0.2, 0) is 4.79 Å². The van der Waals surface area contributed by atoms with Crippen LogP contribution in [0, 0.1) is 5.92 Å². The van der Waals surface area contributed by atoms with Crippen LogP contribution >= 0.6 is 11.6 Å². The lowest BCUT2D eigenvalue weighted by Gasteiger charge is -2.40. The van der Waals surface area contributed by atoms with Gasteiger partial charge in [-0.05, 0) is 19.1 Å². The Hall–Kier alpha value is -1.55. The van der Waals surface area contributed by atoms with Gasteiger partial charge in [-0.1, -0.05) is 37.6 Å². The summed E-state index contributed by atoms with van der Waals surface area (Å²) in [7, 11) is 0. The molecule has 1 atom stereocenters. The second-order valence-electron chi connectivity index (χ2n) is 5.77. The monoisotopic (exact) mass is 308 g/mol. The number of carbonyl (C=O) groups is 2. The van der Waals surface area contributed by atoms with Gasteiger partial charge in [0.15, 0.2) is 0 Å². The standard InChI is InChI=1S/C16H21ClN2O2/c1-11(2)15(20)18-8-9-19(12(3)10-18)16(21)13-6-4-5-7-14(13)17/h4-7,11-12H,8-10H2,1-3H3. The molecule has 1 aromatic carbocycles. The third kappa shape index (κ3) is 3.38. The van der Waals surface area contributed by atoms with Gasteiger partial charge in [0.25, 0.3) is 5.91 Å². The first-order valence-electron chi connectivity index (χ1n) is 7.26. The molecule has 1 heterocycles. The molecule has 2 amide bonds. The predicted molar refractivity (Wildman–Crippen MR) is 83.4 cm³/mol. The van der Waals surface area contributed by atoms with Gasteiger partial charge < -0.3 is 9.80 Å². The van der Waals surface area contributed by atoms with Crippen molar-refractivity contribution in [2.24, 2.45) is 5.92 Å². The molecule has 1 aliphatic heterocycles. The van der Waals surface area contributed by atoms with E-state index >= 15 is 0 Å². The molecule has 0 N–H and O–H groups in total. The van der Waals surface area contributed by atoms with Crippen molar-refractivity contribution >= 4 is 23.4 Å². The Kier molecular flexibility index (Phi) is 4.88. The normalized spacial score (nSPS) is 19.0. The maximum atomic E-state index is 12.6. The molecule has 0 saturated carbocycles. The smallest absolute Gasteiger partial charge is 0.255 e. The van der Waals surface area contributed by atoms with Crippen molar-refractivity contribution in [3.05, 3.63) is 34.9 Å². The maximum absolute atomic E-state index is 12.6. The Morgan fingerprint density at radius 1 is 1.24 bits per heavy atom. The zero-order chi connectivity index (χ0) is 15.6. The molecule has 114 valence electrons. The van der Waals surface area contributed by atoms with Crippen LogP contribution in [-0.4, -0.2) is 47.3 Å². The average Bonchev–Trinajstić information content (AvgIpc) is 2.46. The van der Waals surface area contributed by atoms with Gasteiger partial charge in [-0.25, -0.2) is 0 Å². The summed E-state index contributed by atoms with van der Waals surface area (Å²) in [4.78, 5) is 28.3. The van der Waals surface area contributed by atoms with Crippen molar-refractivity contribution in [1.82, 2.24) is 9.80 Å². The van der Waals surface area contributed by atoms with Gasteiger partial charge in [0, 0.05) is 31.6 Å². The van der Waals surface area contributed by atoms with Gasteiger partial charge in [0.1, 0.15) is 0 Å². The van der Waals surface area contributed by atoms with Crippen LogP contribution in [0.5, 0.6) is 0 Å². The fraction of sp³-hybridized carbons (Fsp3) is 0.500. The first kappa shape index (κ1) is 15.8. The number of piperazine rings is 1. The van der Waals surface area contributed by atoms with E-state index in [1.807, 2.05) is 37.8 Å². The summed E-state index contributed by atoms with van der Waals surface area (Å²) >= 11 is 6.09. The highest BCUT2D eigenvalue weighted by molar-refractivity contribution is 6.33. The van der Waals surface area contributed by atoms with E-state index in [-0.39, 0.29) is 23.8 Å². The predicted octanol–water partition coefficient (Wildman–Crippen LogP) is 2.67. The topological polar surface area (TPSA) is 40.6 Å². The van der Waals surface area contributed by atoms with E-state index < -0.39 is 0 Å². The molecule has 0 spiro atoms. The van der Waals surface area contributed by atoms with Crippen molar-refractivity contribution in [3.63, 3.8) is 0 Å². The van der Waals surface area contributed by atoms with Gasteiger partial charge in [-0.2, -0.15) is 0 Å². The van der Waals surface area contributed by atoms with Crippen LogP contribution in [0.2, 0.25) is 5.02 Å². The average molecular weight is 309 g/mol. The van der Waals surface area contributed by atoms with E-state index in [0.29, 0.717) is 30.2 Å². The molecule has 1 fully saturated rings. The molecule has 0 radical (unpaired) electrons. The van der Waals surface area contributed by atoms with Crippen LogP contribution in [0.4, 0.5) is 0 Å². The largest absolute Gasteiger partial charge is 0.339 e. The van der Waals surface area contributed by atoms with Crippen LogP contribution in [0.25, 0.3) is 0 Å². The number of carbonyl (C=O) groups excluding carboxylic acids is 2. The van der Waals surface area contributed by atoms with Crippen molar-refractivity contribution in [3.8, 4) is 0 Å². The van der Waals surface area contributed by atoms with Crippen molar-refractivity contribution in [2.75, 3.05) is 19.6 Å².